The van der Waals surface area contributed by atoms with Gasteiger partial charge in [0.25, 0.3) is 10.0 Å². The Hall–Kier alpha value is -2.00. The summed E-state index contributed by atoms with van der Waals surface area (Å²) in [4.78, 5) is 10.3. The van der Waals surface area contributed by atoms with Gasteiger partial charge in [-0.25, -0.2) is 8.42 Å². The molecule has 0 radical (unpaired) electrons. The van der Waals surface area contributed by atoms with E-state index in [1.165, 1.54) is 29.8 Å². The Morgan fingerprint density at radius 2 is 1.94 bits per heavy atom. The van der Waals surface area contributed by atoms with E-state index in [0.717, 1.165) is 11.3 Å². The van der Waals surface area contributed by atoms with Gasteiger partial charge < -0.3 is 5.32 Å². The minimum Gasteiger partial charge on any atom is -0.329 e. The lowest BCUT2D eigenvalue weighted by atomic mass is 10.3. The van der Waals surface area contributed by atoms with Crippen molar-refractivity contribution in [2.75, 3.05) is 10.0 Å². The zero-order valence-corrected chi connectivity index (χ0v) is 10.5. The molecule has 0 fully saturated rings. The molecule has 0 aliphatic carbocycles. The molecule has 0 bridgehead atoms. The Labute approximate surface area is 107 Å². The average Bonchev–Trinajstić information content (AvgIpc) is 2.82. The van der Waals surface area contributed by atoms with E-state index in [1.54, 1.807) is 0 Å². The van der Waals surface area contributed by atoms with Crippen LogP contribution in [0.4, 0.5) is 10.8 Å². The third kappa shape index (κ3) is 2.81. The lowest BCUT2D eigenvalue weighted by molar-refractivity contribution is -0.105. The molecule has 2 aromatic rings. The number of aromatic nitrogens is 2. The molecule has 1 amide bonds. The molecule has 2 rings (SSSR count). The molecule has 0 aliphatic heterocycles. The monoisotopic (exact) mass is 284 g/mol. The summed E-state index contributed by atoms with van der Waals surface area (Å²) < 4.78 is 26.1. The van der Waals surface area contributed by atoms with Crippen LogP contribution in [0, 0.1) is 0 Å². The highest BCUT2D eigenvalue weighted by Crippen LogP contribution is 2.18. The lowest BCUT2D eigenvalue weighted by Gasteiger charge is -2.05. The molecule has 0 atom stereocenters. The number of carbonyl (C=O) groups is 1. The summed E-state index contributed by atoms with van der Waals surface area (Å²) in [6, 6.07) is 5.75. The van der Waals surface area contributed by atoms with Gasteiger partial charge >= 0.3 is 0 Å². The number of benzene rings is 1. The second-order valence-electron chi connectivity index (χ2n) is 3.14. The van der Waals surface area contributed by atoms with Crippen molar-refractivity contribution in [3.05, 3.63) is 29.8 Å². The molecule has 7 nitrogen and oxygen atoms in total. The van der Waals surface area contributed by atoms with Gasteiger partial charge in [-0.2, -0.15) is 0 Å². The van der Waals surface area contributed by atoms with Gasteiger partial charge in [-0.15, -0.1) is 10.2 Å². The SMILES string of the molecule is O=CNc1ccc(S(=O)(=O)Nc2nncs2)cc1. The maximum Gasteiger partial charge on any atom is 0.263 e. The molecule has 0 saturated heterocycles. The molecule has 0 aliphatic rings. The van der Waals surface area contributed by atoms with Crippen LogP contribution in [0.25, 0.3) is 0 Å². The van der Waals surface area contributed by atoms with Crippen molar-refractivity contribution >= 4 is 38.6 Å². The van der Waals surface area contributed by atoms with Crippen molar-refractivity contribution < 1.29 is 13.2 Å². The number of rotatable bonds is 5. The number of nitrogens with one attached hydrogen (secondary N) is 2. The Kier molecular flexibility index (Phi) is 3.53. The summed E-state index contributed by atoms with van der Waals surface area (Å²) in [6.45, 7) is 0. The first-order chi connectivity index (χ1) is 8.62. The quantitative estimate of drug-likeness (QED) is 0.795. The number of carbonyl (C=O) groups excluding carboxylic acids is 1. The number of hydrogen-bond acceptors (Lipinski definition) is 6. The van der Waals surface area contributed by atoms with Gasteiger partial charge in [0.05, 0.1) is 4.90 Å². The van der Waals surface area contributed by atoms with Crippen LogP contribution in [0.15, 0.2) is 34.7 Å². The summed E-state index contributed by atoms with van der Waals surface area (Å²) in [5.74, 6) is 0. The van der Waals surface area contributed by atoms with Crippen LogP contribution in [-0.4, -0.2) is 25.0 Å². The topological polar surface area (TPSA) is 101 Å². The number of anilines is 2. The summed E-state index contributed by atoms with van der Waals surface area (Å²) >= 11 is 1.08. The highest BCUT2D eigenvalue weighted by atomic mass is 32.2. The number of sulfonamides is 1. The molecular weight excluding hydrogens is 276 g/mol. The fourth-order valence-electron chi connectivity index (χ4n) is 1.19. The van der Waals surface area contributed by atoms with Gasteiger partial charge in [0.2, 0.25) is 11.5 Å². The maximum absolute atomic E-state index is 11.9. The Bertz CT molecular complexity index is 622. The molecule has 18 heavy (non-hydrogen) atoms. The second kappa shape index (κ2) is 5.10. The first-order valence-electron chi connectivity index (χ1n) is 4.71. The Balaban J connectivity index is 2.21. The van der Waals surface area contributed by atoms with Crippen molar-refractivity contribution in [1.82, 2.24) is 10.2 Å². The van der Waals surface area contributed by atoms with Gasteiger partial charge in [-0.3, -0.25) is 9.52 Å². The van der Waals surface area contributed by atoms with Gasteiger partial charge in [-0.1, -0.05) is 11.3 Å². The second-order valence-corrected chi connectivity index (χ2v) is 5.65. The van der Waals surface area contributed by atoms with Crippen molar-refractivity contribution in [2.45, 2.75) is 4.90 Å². The fourth-order valence-corrected chi connectivity index (χ4v) is 2.88. The summed E-state index contributed by atoms with van der Waals surface area (Å²) in [7, 11) is -3.67. The van der Waals surface area contributed by atoms with Crippen LogP contribution in [-0.2, 0) is 14.8 Å². The molecule has 2 N–H and O–H groups in total. The van der Waals surface area contributed by atoms with E-state index >= 15 is 0 Å². The van der Waals surface area contributed by atoms with Crippen molar-refractivity contribution in [3.63, 3.8) is 0 Å². The van der Waals surface area contributed by atoms with Gasteiger partial charge in [-0.05, 0) is 24.3 Å². The normalized spacial score (nSPS) is 10.9. The first kappa shape index (κ1) is 12.5. The molecule has 1 aromatic heterocycles. The third-order valence-electron chi connectivity index (χ3n) is 1.97. The van der Waals surface area contributed by atoms with Gasteiger partial charge in [0.15, 0.2) is 0 Å². The van der Waals surface area contributed by atoms with E-state index in [2.05, 4.69) is 20.2 Å². The Morgan fingerprint density at radius 3 is 2.50 bits per heavy atom. The van der Waals surface area contributed by atoms with Crippen LogP contribution in [0.3, 0.4) is 0 Å². The highest BCUT2D eigenvalue weighted by Gasteiger charge is 2.15. The molecule has 9 heteroatoms. The summed E-state index contributed by atoms with van der Waals surface area (Å²) in [6.07, 6.45) is 0.517. The summed E-state index contributed by atoms with van der Waals surface area (Å²) in [5, 5.41) is 9.74. The smallest absolute Gasteiger partial charge is 0.263 e. The van der Waals surface area contributed by atoms with Crippen LogP contribution >= 0.6 is 11.3 Å². The molecule has 0 unspecified atom stereocenters. The van der Waals surface area contributed by atoms with Crippen molar-refractivity contribution in [1.29, 1.82) is 0 Å². The predicted octanol–water partition coefficient (Wildman–Crippen LogP) is 0.907. The molecule has 0 saturated carbocycles. The van der Waals surface area contributed by atoms with Crippen LogP contribution in [0.1, 0.15) is 0 Å². The largest absolute Gasteiger partial charge is 0.329 e. The summed E-state index contributed by atoms with van der Waals surface area (Å²) in [5.41, 5.74) is 1.94. The number of hydrogen-bond donors (Lipinski definition) is 2. The van der Waals surface area contributed by atoms with E-state index in [1.807, 2.05) is 0 Å². The van der Waals surface area contributed by atoms with E-state index < -0.39 is 10.0 Å². The standard InChI is InChI=1S/C9H8N4O3S2/c14-5-10-7-1-3-8(4-2-7)18(15,16)13-9-12-11-6-17-9/h1-6H,(H,10,14)(H,12,13). The fraction of sp³-hybridized carbons (Fsp3) is 0. The van der Waals surface area contributed by atoms with Gasteiger partial charge in [0.1, 0.15) is 5.51 Å². The minimum atomic E-state index is -3.67. The van der Waals surface area contributed by atoms with Crippen molar-refractivity contribution in [3.8, 4) is 0 Å². The zero-order chi connectivity index (χ0) is 13.0. The zero-order valence-electron chi connectivity index (χ0n) is 8.90. The number of amides is 1. The minimum absolute atomic E-state index is 0.0779. The molecule has 94 valence electrons. The van der Waals surface area contributed by atoms with E-state index in [4.69, 9.17) is 0 Å². The molecule has 1 heterocycles. The van der Waals surface area contributed by atoms with Gasteiger partial charge in [0, 0.05) is 5.69 Å². The first-order valence-corrected chi connectivity index (χ1v) is 7.07. The van der Waals surface area contributed by atoms with Crippen molar-refractivity contribution in [2.24, 2.45) is 0 Å². The van der Waals surface area contributed by atoms with E-state index in [0.29, 0.717) is 12.1 Å². The Morgan fingerprint density at radius 1 is 1.22 bits per heavy atom. The van der Waals surface area contributed by atoms with E-state index in [-0.39, 0.29) is 10.0 Å². The lowest BCUT2D eigenvalue weighted by Crippen LogP contribution is -2.12. The number of nitrogens with zero attached hydrogens (tertiary/aromatic N) is 2. The predicted molar refractivity (Wildman–Crippen MR) is 66.8 cm³/mol. The highest BCUT2D eigenvalue weighted by molar-refractivity contribution is 7.93. The molecule has 1 aromatic carbocycles. The van der Waals surface area contributed by atoms with Crippen LogP contribution in [0.2, 0.25) is 0 Å². The van der Waals surface area contributed by atoms with Crippen LogP contribution < -0.4 is 10.0 Å². The van der Waals surface area contributed by atoms with Crippen LogP contribution in [0.5, 0.6) is 0 Å². The van der Waals surface area contributed by atoms with E-state index in [9.17, 15) is 13.2 Å². The molecular formula is C9H8N4O3S2. The average molecular weight is 284 g/mol. The molecule has 0 spiro atoms. The third-order valence-corrected chi connectivity index (χ3v) is 4.06. The maximum atomic E-state index is 11.9.